The van der Waals surface area contributed by atoms with E-state index in [1.807, 2.05) is 4.68 Å². The lowest BCUT2D eigenvalue weighted by Crippen LogP contribution is -2.39. The van der Waals surface area contributed by atoms with Gasteiger partial charge in [0.05, 0.1) is 61.2 Å². The number of rotatable bonds is 8. The monoisotopic (exact) mass is 476 g/mol. The molecule has 12 nitrogen and oxygen atoms in total. The Balaban J connectivity index is 1.54. The second-order valence-corrected chi connectivity index (χ2v) is 10.1. The van der Waals surface area contributed by atoms with Crippen molar-refractivity contribution < 1.29 is 18.6 Å². The number of anilines is 3. The van der Waals surface area contributed by atoms with E-state index in [1.165, 1.54) is 38.1 Å². The fourth-order valence-corrected chi connectivity index (χ4v) is 4.76. The van der Waals surface area contributed by atoms with Gasteiger partial charge in [-0.3, -0.25) is 0 Å². The molecule has 4 rings (SSSR count). The van der Waals surface area contributed by atoms with Crippen molar-refractivity contribution in [2.45, 2.75) is 50.7 Å². The van der Waals surface area contributed by atoms with Crippen LogP contribution in [0.3, 0.4) is 0 Å². The van der Waals surface area contributed by atoms with Crippen LogP contribution in [0.4, 0.5) is 17.6 Å². The molecule has 0 aliphatic heterocycles. The third-order valence-corrected chi connectivity index (χ3v) is 6.72. The number of aliphatic hydroxyl groups is 2. The van der Waals surface area contributed by atoms with E-state index in [-0.39, 0.29) is 12.5 Å². The first-order valence-electron chi connectivity index (χ1n) is 10.9. The zero-order valence-electron chi connectivity index (χ0n) is 18.4. The van der Waals surface area contributed by atoms with Crippen LogP contribution < -0.4 is 9.62 Å². The third kappa shape index (κ3) is 5.54. The molecule has 3 heterocycles. The molecule has 0 saturated heterocycles. The van der Waals surface area contributed by atoms with Gasteiger partial charge >= 0.3 is 0 Å². The summed E-state index contributed by atoms with van der Waals surface area (Å²) in [4.78, 5) is 17.1. The van der Waals surface area contributed by atoms with Crippen LogP contribution >= 0.6 is 0 Å². The van der Waals surface area contributed by atoms with Crippen molar-refractivity contribution in [3.8, 4) is 0 Å². The Morgan fingerprint density at radius 1 is 1.12 bits per heavy atom. The second-order valence-electron chi connectivity index (χ2n) is 8.23. The van der Waals surface area contributed by atoms with Gasteiger partial charge in [0.2, 0.25) is 21.9 Å². The molecule has 1 aliphatic rings. The van der Waals surface area contributed by atoms with Gasteiger partial charge in [-0.1, -0.05) is 25.7 Å². The van der Waals surface area contributed by atoms with Gasteiger partial charge in [-0.25, -0.2) is 32.4 Å². The minimum absolute atomic E-state index is 0.113. The number of sulfonamides is 1. The van der Waals surface area contributed by atoms with Gasteiger partial charge in [-0.2, -0.15) is 10.1 Å². The van der Waals surface area contributed by atoms with Crippen LogP contribution in [0.2, 0.25) is 0 Å². The van der Waals surface area contributed by atoms with E-state index in [0.29, 0.717) is 17.7 Å². The van der Waals surface area contributed by atoms with Gasteiger partial charge in [-0.05, 0) is 12.8 Å². The van der Waals surface area contributed by atoms with Crippen LogP contribution in [-0.2, 0) is 10.0 Å². The fourth-order valence-electron chi connectivity index (χ4n) is 3.92. The molecular weight excluding hydrogens is 448 g/mol. The van der Waals surface area contributed by atoms with Crippen LogP contribution in [0, 0.1) is 0 Å². The average Bonchev–Trinajstić information content (AvgIpc) is 3.02. The number of nitrogens with one attached hydrogen (secondary N) is 1. The fraction of sp³-hybridized carbons (Fsp3) is 0.550. The molecule has 3 aromatic heterocycles. The highest BCUT2D eigenvalue weighted by Crippen LogP contribution is 2.29. The Hall–Kier alpha value is -2.90. The summed E-state index contributed by atoms with van der Waals surface area (Å²) in [5.41, 5.74) is 1.23. The summed E-state index contributed by atoms with van der Waals surface area (Å²) in [6.07, 6.45) is 13.1. The number of nitrogens with zero attached hydrogens (tertiary/aromatic N) is 7. The molecule has 0 radical (unpaired) electrons. The van der Waals surface area contributed by atoms with Crippen LogP contribution in [-0.4, -0.2) is 73.9 Å². The lowest BCUT2D eigenvalue weighted by Gasteiger charge is -2.22. The van der Waals surface area contributed by atoms with Crippen LogP contribution in [0.15, 0.2) is 24.8 Å². The van der Waals surface area contributed by atoms with Crippen LogP contribution in [0.1, 0.15) is 44.6 Å². The molecule has 1 atom stereocenters. The van der Waals surface area contributed by atoms with Gasteiger partial charge in [0.15, 0.2) is 5.65 Å². The first-order valence-corrected chi connectivity index (χ1v) is 12.8. The van der Waals surface area contributed by atoms with E-state index in [1.54, 1.807) is 12.4 Å². The molecule has 178 valence electrons. The maximum Gasteiger partial charge on any atom is 0.239 e. The highest BCUT2D eigenvalue weighted by molar-refractivity contribution is 7.92. The average molecular weight is 477 g/mol. The number of aliphatic hydroxyl groups excluding tert-OH is 2. The Labute approximate surface area is 191 Å². The molecular formula is C20H28N8O4S. The van der Waals surface area contributed by atoms with E-state index >= 15 is 0 Å². The summed E-state index contributed by atoms with van der Waals surface area (Å²) >= 11 is 0. The first-order chi connectivity index (χ1) is 15.8. The van der Waals surface area contributed by atoms with Crippen molar-refractivity contribution in [2.75, 3.05) is 29.0 Å². The minimum atomic E-state index is -3.75. The molecule has 1 unspecified atom stereocenters. The number of hydrogen-bond donors (Lipinski definition) is 3. The van der Waals surface area contributed by atoms with Crippen molar-refractivity contribution >= 4 is 38.6 Å². The highest BCUT2D eigenvalue weighted by atomic mass is 32.2. The Kier molecular flexibility index (Phi) is 7.00. The van der Waals surface area contributed by atoms with E-state index in [0.717, 1.165) is 34.4 Å². The Bertz CT molecular complexity index is 1180. The predicted molar refractivity (Wildman–Crippen MR) is 123 cm³/mol. The summed E-state index contributed by atoms with van der Waals surface area (Å²) < 4.78 is 26.9. The maximum absolute atomic E-state index is 12.1. The van der Waals surface area contributed by atoms with Gasteiger partial charge in [0, 0.05) is 6.20 Å². The first kappa shape index (κ1) is 23.3. The van der Waals surface area contributed by atoms with E-state index in [2.05, 4.69) is 30.4 Å². The van der Waals surface area contributed by atoms with Crippen molar-refractivity contribution in [1.29, 1.82) is 0 Å². The Morgan fingerprint density at radius 3 is 2.45 bits per heavy atom. The molecule has 1 aliphatic carbocycles. The summed E-state index contributed by atoms with van der Waals surface area (Å²) in [6, 6.07) is 0.326. The third-order valence-electron chi connectivity index (χ3n) is 5.61. The summed E-state index contributed by atoms with van der Waals surface area (Å²) in [6.45, 7) is -0.935. The normalized spacial score (nSPS) is 16.5. The molecule has 1 fully saturated rings. The van der Waals surface area contributed by atoms with Crippen molar-refractivity contribution in [3.05, 3.63) is 24.8 Å². The molecule has 3 N–H and O–H groups in total. The Morgan fingerprint density at radius 2 is 1.82 bits per heavy atom. The second kappa shape index (κ2) is 9.93. The van der Waals surface area contributed by atoms with Crippen LogP contribution in [0.5, 0.6) is 0 Å². The zero-order valence-corrected chi connectivity index (χ0v) is 19.2. The van der Waals surface area contributed by atoms with Crippen molar-refractivity contribution in [3.63, 3.8) is 0 Å². The van der Waals surface area contributed by atoms with Crippen molar-refractivity contribution in [2.24, 2.45) is 0 Å². The van der Waals surface area contributed by atoms with Crippen LogP contribution in [0.25, 0.3) is 11.0 Å². The molecule has 0 aromatic carbocycles. The minimum Gasteiger partial charge on any atom is -0.394 e. The van der Waals surface area contributed by atoms with Gasteiger partial charge in [-0.15, -0.1) is 0 Å². The number of fused-ring (bicyclic) bond motifs is 1. The van der Waals surface area contributed by atoms with Gasteiger partial charge in [0.25, 0.3) is 0 Å². The van der Waals surface area contributed by atoms with Gasteiger partial charge in [0.1, 0.15) is 0 Å². The largest absolute Gasteiger partial charge is 0.394 e. The summed E-state index contributed by atoms with van der Waals surface area (Å²) in [5.74, 6) is 0.239. The lowest BCUT2D eigenvalue weighted by atomic mass is 10.1. The maximum atomic E-state index is 12.1. The number of hydrogen-bond acceptors (Lipinski definition) is 10. The predicted octanol–water partition coefficient (Wildman–Crippen LogP) is 1.37. The smallest absolute Gasteiger partial charge is 0.239 e. The summed E-state index contributed by atoms with van der Waals surface area (Å²) in [7, 11) is -3.75. The molecule has 1 saturated carbocycles. The zero-order chi connectivity index (χ0) is 23.4. The van der Waals surface area contributed by atoms with E-state index in [4.69, 9.17) is 5.11 Å². The quantitative estimate of drug-likeness (QED) is 0.405. The molecule has 33 heavy (non-hydrogen) atoms. The lowest BCUT2D eigenvalue weighted by molar-refractivity contribution is 0.102. The van der Waals surface area contributed by atoms with Gasteiger partial charge < -0.3 is 15.5 Å². The SMILES string of the molecule is CS(=O)(=O)N(CC(O)CO)c1ncc(Nc2ncc3cnn(C4CCCCCC4)c3n2)cn1. The molecule has 0 bridgehead atoms. The number of aromatic nitrogens is 6. The van der Waals surface area contributed by atoms with E-state index < -0.39 is 22.7 Å². The standard InChI is InChI=1S/C20H28N8O4S/c1-33(31,32)27(12-17(30)13-29)20-22-10-15(11-23-20)25-19-21-8-14-9-24-28(18(14)26-19)16-6-4-2-3-5-7-16/h8-11,16-17,29-30H,2-7,12-13H2,1H3,(H,21,25,26). The van der Waals surface area contributed by atoms with Crippen molar-refractivity contribution in [1.82, 2.24) is 29.7 Å². The highest BCUT2D eigenvalue weighted by Gasteiger charge is 2.23. The molecule has 3 aromatic rings. The molecule has 0 spiro atoms. The summed E-state index contributed by atoms with van der Waals surface area (Å²) in [5, 5.41) is 27.2. The van der Waals surface area contributed by atoms with E-state index in [9.17, 15) is 13.5 Å². The molecule has 13 heteroatoms. The topological polar surface area (TPSA) is 159 Å². The molecule has 0 amide bonds.